The summed E-state index contributed by atoms with van der Waals surface area (Å²) in [6, 6.07) is 5.41. The SMILES string of the molecule is CCOC(=O)c1c(NC(=O)CSc2nnc(COc3ccc(Cl)cc3C)n2C)sc(C)c1C. The van der Waals surface area contributed by atoms with Crippen molar-refractivity contribution in [2.45, 2.75) is 39.5 Å². The minimum Gasteiger partial charge on any atom is -0.485 e. The molecule has 0 spiro atoms. The summed E-state index contributed by atoms with van der Waals surface area (Å²) in [5.74, 6) is 0.776. The molecule has 3 rings (SSSR count). The Balaban J connectivity index is 1.60. The molecule has 1 N–H and O–H groups in total. The van der Waals surface area contributed by atoms with Gasteiger partial charge in [-0.3, -0.25) is 4.79 Å². The van der Waals surface area contributed by atoms with Gasteiger partial charge >= 0.3 is 5.97 Å². The molecule has 0 atom stereocenters. The number of aromatic nitrogens is 3. The van der Waals surface area contributed by atoms with Crippen molar-refractivity contribution in [3.05, 3.63) is 50.6 Å². The highest BCUT2D eigenvalue weighted by Gasteiger charge is 2.22. The number of hydrogen-bond donors (Lipinski definition) is 1. The zero-order valence-electron chi connectivity index (χ0n) is 19.0. The van der Waals surface area contributed by atoms with Gasteiger partial charge in [0.1, 0.15) is 17.4 Å². The Morgan fingerprint density at radius 1 is 1.24 bits per heavy atom. The highest BCUT2D eigenvalue weighted by atomic mass is 35.5. The fourth-order valence-electron chi connectivity index (χ4n) is 2.97. The quantitative estimate of drug-likeness (QED) is 0.323. The Kier molecular flexibility index (Phi) is 8.39. The molecule has 0 aliphatic heterocycles. The predicted molar refractivity (Wildman–Crippen MR) is 131 cm³/mol. The number of aryl methyl sites for hydroxylation is 2. The number of esters is 1. The average Bonchev–Trinajstić information content (AvgIpc) is 3.24. The molecule has 2 aromatic heterocycles. The van der Waals surface area contributed by atoms with E-state index in [0.717, 1.165) is 21.8 Å². The number of carbonyl (C=O) groups excluding carboxylic acids is 2. The van der Waals surface area contributed by atoms with Crippen LogP contribution in [-0.2, 0) is 23.2 Å². The first-order valence-electron chi connectivity index (χ1n) is 10.2. The zero-order valence-corrected chi connectivity index (χ0v) is 21.4. The van der Waals surface area contributed by atoms with Crippen molar-refractivity contribution >= 4 is 51.6 Å². The van der Waals surface area contributed by atoms with Gasteiger partial charge in [0, 0.05) is 16.9 Å². The van der Waals surface area contributed by atoms with Crippen molar-refractivity contribution < 1.29 is 19.1 Å². The topological polar surface area (TPSA) is 95.3 Å². The molecule has 176 valence electrons. The molecule has 0 aliphatic carbocycles. The van der Waals surface area contributed by atoms with Gasteiger partial charge in [0.2, 0.25) is 5.91 Å². The number of thioether (sulfide) groups is 1. The molecule has 0 radical (unpaired) electrons. The van der Waals surface area contributed by atoms with Crippen LogP contribution in [0.3, 0.4) is 0 Å². The molecule has 0 bridgehead atoms. The number of halogens is 1. The van der Waals surface area contributed by atoms with Crippen LogP contribution < -0.4 is 10.1 Å². The van der Waals surface area contributed by atoms with Crippen LogP contribution in [-0.4, -0.2) is 39.0 Å². The summed E-state index contributed by atoms with van der Waals surface area (Å²) in [6.45, 7) is 7.92. The van der Waals surface area contributed by atoms with Crippen LogP contribution in [0.15, 0.2) is 23.4 Å². The van der Waals surface area contributed by atoms with E-state index in [0.29, 0.717) is 26.6 Å². The molecule has 33 heavy (non-hydrogen) atoms. The first-order valence-corrected chi connectivity index (χ1v) is 12.4. The van der Waals surface area contributed by atoms with Crippen LogP contribution >= 0.6 is 34.7 Å². The van der Waals surface area contributed by atoms with Gasteiger partial charge in [-0.1, -0.05) is 23.4 Å². The van der Waals surface area contributed by atoms with Crippen molar-refractivity contribution in [3.63, 3.8) is 0 Å². The summed E-state index contributed by atoms with van der Waals surface area (Å²) in [6.07, 6.45) is 0. The molecule has 0 fully saturated rings. The lowest BCUT2D eigenvalue weighted by atomic mass is 10.1. The van der Waals surface area contributed by atoms with E-state index < -0.39 is 5.97 Å². The number of anilines is 1. The molecule has 0 saturated carbocycles. The van der Waals surface area contributed by atoms with E-state index in [2.05, 4.69) is 15.5 Å². The van der Waals surface area contributed by atoms with Crippen LogP contribution in [0.4, 0.5) is 5.00 Å². The smallest absolute Gasteiger partial charge is 0.341 e. The summed E-state index contributed by atoms with van der Waals surface area (Å²) >= 11 is 8.59. The van der Waals surface area contributed by atoms with Gasteiger partial charge in [-0.25, -0.2) is 4.79 Å². The highest BCUT2D eigenvalue weighted by Crippen LogP contribution is 2.33. The average molecular weight is 509 g/mol. The van der Waals surface area contributed by atoms with Crippen LogP contribution in [0.2, 0.25) is 5.02 Å². The number of thiophene rings is 1. The van der Waals surface area contributed by atoms with E-state index in [4.69, 9.17) is 21.1 Å². The molecular formula is C22H25ClN4O4S2. The zero-order chi connectivity index (χ0) is 24.1. The normalized spacial score (nSPS) is 10.8. The second-order valence-corrected chi connectivity index (χ2v) is 9.80. The number of ether oxygens (including phenoxy) is 2. The van der Waals surface area contributed by atoms with E-state index in [9.17, 15) is 9.59 Å². The van der Waals surface area contributed by atoms with Crippen LogP contribution in [0.5, 0.6) is 5.75 Å². The van der Waals surface area contributed by atoms with Crippen LogP contribution in [0.1, 0.15) is 39.1 Å². The number of benzene rings is 1. The molecule has 1 amide bonds. The van der Waals surface area contributed by atoms with Crippen molar-refractivity contribution in [2.75, 3.05) is 17.7 Å². The maximum atomic E-state index is 12.6. The van der Waals surface area contributed by atoms with Gasteiger partial charge in [-0.05, 0) is 57.0 Å². The van der Waals surface area contributed by atoms with Gasteiger partial charge in [0.05, 0.1) is 17.9 Å². The van der Waals surface area contributed by atoms with E-state index in [1.165, 1.54) is 23.1 Å². The third kappa shape index (κ3) is 6.07. The lowest BCUT2D eigenvalue weighted by Crippen LogP contribution is -2.16. The molecule has 8 nitrogen and oxygen atoms in total. The molecule has 1 aromatic carbocycles. The van der Waals surface area contributed by atoms with Gasteiger partial charge in [-0.2, -0.15) is 0 Å². The maximum Gasteiger partial charge on any atom is 0.341 e. The number of nitrogens with zero attached hydrogens (tertiary/aromatic N) is 3. The lowest BCUT2D eigenvalue weighted by Gasteiger charge is -2.09. The first-order chi connectivity index (χ1) is 15.7. The Morgan fingerprint density at radius 3 is 2.70 bits per heavy atom. The van der Waals surface area contributed by atoms with Crippen molar-refractivity contribution in [3.8, 4) is 5.75 Å². The Bertz CT molecular complexity index is 1180. The van der Waals surface area contributed by atoms with E-state index in [-0.39, 0.29) is 24.9 Å². The maximum absolute atomic E-state index is 12.6. The third-order valence-electron chi connectivity index (χ3n) is 4.87. The lowest BCUT2D eigenvalue weighted by molar-refractivity contribution is -0.113. The van der Waals surface area contributed by atoms with Gasteiger partial charge < -0.3 is 19.4 Å². The molecule has 0 unspecified atom stereocenters. The monoisotopic (exact) mass is 508 g/mol. The number of carbonyl (C=O) groups is 2. The fraction of sp³-hybridized carbons (Fsp3) is 0.364. The van der Waals surface area contributed by atoms with Crippen molar-refractivity contribution in [1.29, 1.82) is 0 Å². The highest BCUT2D eigenvalue weighted by molar-refractivity contribution is 7.99. The number of rotatable bonds is 9. The van der Waals surface area contributed by atoms with Gasteiger partial charge in [0.25, 0.3) is 0 Å². The summed E-state index contributed by atoms with van der Waals surface area (Å²) in [7, 11) is 1.82. The number of amides is 1. The number of nitrogens with one attached hydrogen (secondary N) is 1. The van der Waals surface area contributed by atoms with E-state index in [1.54, 1.807) is 17.6 Å². The molecule has 11 heteroatoms. The van der Waals surface area contributed by atoms with E-state index in [1.807, 2.05) is 40.0 Å². The standard InChI is InChI=1S/C22H25ClN4O4S2/c1-6-30-21(29)19-13(3)14(4)33-20(19)24-18(28)11-32-22-26-25-17(27(22)5)10-31-16-8-7-15(23)9-12(16)2/h7-9H,6,10-11H2,1-5H3,(H,24,28). The summed E-state index contributed by atoms with van der Waals surface area (Å²) < 4.78 is 12.7. The number of hydrogen-bond acceptors (Lipinski definition) is 8. The van der Waals surface area contributed by atoms with Crippen molar-refractivity contribution in [1.82, 2.24) is 14.8 Å². The summed E-state index contributed by atoms with van der Waals surface area (Å²) in [4.78, 5) is 25.8. The van der Waals surface area contributed by atoms with Crippen LogP contribution in [0, 0.1) is 20.8 Å². The Morgan fingerprint density at radius 2 is 2.00 bits per heavy atom. The second kappa shape index (κ2) is 11.0. The fourth-order valence-corrected chi connectivity index (χ4v) is 4.99. The molecule has 3 aromatic rings. The molecule has 0 aliphatic rings. The van der Waals surface area contributed by atoms with E-state index >= 15 is 0 Å². The minimum atomic E-state index is -0.434. The third-order valence-corrected chi connectivity index (χ3v) is 7.25. The summed E-state index contributed by atoms with van der Waals surface area (Å²) in [5, 5.41) is 12.9. The molecular weight excluding hydrogens is 484 g/mol. The largest absolute Gasteiger partial charge is 0.485 e. The first kappa shape index (κ1) is 25.1. The van der Waals surface area contributed by atoms with Gasteiger partial charge in [0.15, 0.2) is 11.0 Å². The summed E-state index contributed by atoms with van der Waals surface area (Å²) in [5.41, 5.74) is 2.15. The second-order valence-electron chi connectivity index (χ2n) is 7.20. The predicted octanol–water partition coefficient (Wildman–Crippen LogP) is 4.94. The van der Waals surface area contributed by atoms with Crippen LogP contribution in [0.25, 0.3) is 0 Å². The van der Waals surface area contributed by atoms with Gasteiger partial charge in [-0.15, -0.1) is 21.5 Å². The molecule has 0 saturated heterocycles. The minimum absolute atomic E-state index is 0.112. The Hall–Kier alpha value is -2.56. The Labute approximate surface area is 205 Å². The van der Waals surface area contributed by atoms with Crippen molar-refractivity contribution in [2.24, 2.45) is 7.05 Å². The molecule has 2 heterocycles.